The van der Waals surface area contributed by atoms with Crippen molar-refractivity contribution >= 4 is 82.9 Å². The van der Waals surface area contributed by atoms with E-state index < -0.39 is 18.6 Å². The second kappa shape index (κ2) is 27.0. The molecule has 0 atom stereocenters. The second-order valence-corrected chi connectivity index (χ2v) is 26.4. The van der Waals surface area contributed by atoms with E-state index in [4.69, 9.17) is 45.3 Å². The van der Waals surface area contributed by atoms with E-state index in [-0.39, 0.29) is 17.6 Å². The van der Waals surface area contributed by atoms with Gasteiger partial charge in [0.05, 0.1) is 41.9 Å². The van der Waals surface area contributed by atoms with Crippen LogP contribution in [-0.2, 0) is 21.1 Å². The van der Waals surface area contributed by atoms with Gasteiger partial charge in [0.15, 0.2) is 35.1 Å². The fourth-order valence-corrected chi connectivity index (χ4v) is 15.0. The van der Waals surface area contributed by atoms with Crippen LogP contribution < -0.4 is 13.7 Å². The molecule has 17 rings (SSSR count). The van der Waals surface area contributed by atoms with Crippen LogP contribution in [0.2, 0.25) is 0 Å². The van der Waals surface area contributed by atoms with Crippen LogP contribution in [0.4, 0.5) is 17.1 Å². The quantitative estimate of drug-likeness (QED) is 0.112. The molecular weight excluding hydrogens is 1230 g/mol. The van der Waals surface area contributed by atoms with Crippen molar-refractivity contribution in [2.45, 2.75) is 104 Å². The summed E-state index contributed by atoms with van der Waals surface area (Å²) in [5.74, 6) is -1.36. The van der Waals surface area contributed by atoms with Crippen molar-refractivity contribution in [2.75, 3.05) is 0 Å². The van der Waals surface area contributed by atoms with E-state index in [0.717, 1.165) is 173 Å². The Morgan fingerprint density at radius 2 is 0.690 bits per heavy atom. The molecule has 488 valence electrons. The number of furan rings is 3. The third-order valence-corrected chi connectivity index (χ3v) is 20.4. The van der Waals surface area contributed by atoms with Crippen LogP contribution in [0.5, 0.6) is 0 Å². The molecule has 6 aromatic heterocycles. The summed E-state index contributed by atoms with van der Waals surface area (Å²) in [7, 11) is 5.70. The van der Waals surface area contributed by atoms with Gasteiger partial charge in [-0.05, 0) is 117 Å². The molecule has 0 spiro atoms. The molecule has 2 aliphatic carbocycles. The van der Waals surface area contributed by atoms with Crippen LogP contribution in [0.15, 0.2) is 226 Å². The van der Waals surface area contributed by atoms with Crippen LogP contribution in [0.1, 0.15) is 121 Å². The Labute approximate surface area is 597 Å². The van der Waals surface area contributed by atoms with Crippen LogP contribution in [0, 0.1) is 54.3 Å². The Morgan fingerprint density at radius 1 is 0.370 bits per heavy atom. The van der Waals surface area contributed by atoms with E-state index in [1.807, 2.05) is 184 Å². The zero-order valence-corrected chi connectivity index (χ0v) is 57.2. The summed E-state index contributed by atoms with van der Waals surface area (Å²) in [6, 6.07) is 57.3. The fourth-order valence-electron chi connectivity index (χ4n) is 15.0. The molecule has 100 heavy (non-hydrogen) atoms. The highest BCUT2D eigenvalue weighted by Crippen LogP contribution is 2.49. The summed E-state index contributed by atoms with van der Waals surface area (Å²) >= 11 is 0. The first-order chi connectivity index (χ1) is 52.4. The van der Waals surface area contributed by atoms with Crippen molar-refractivity contribution in [2.24, 2.45) is 21.1 Å². The zero-order valence-electron chi connectivity index (χ0n) is 66.2. The predicted octanol–water partition coefficient (Wildman–Crippen LogP) is 24.1. The molecule has 0 bridgehead atoms. The maximum absolute atomic E-state index is 9.09. The first kappa shape index (κ1) is 54.3. The third kappa shape index (κ3) is 11.4. The lowest BCUT2D eigenvalue weighted by molar-refractivity contribution is -0.667. The highest BCUT2D eigenvalue weighted by atomic mass is 16.3. The van der Waals surface area contributed by atoms with Gasteiger partial charge in [0, 0.05) is 97.7 Å². The van der Waals surface area contributed by atoms with Gasteiger partial charge in [-0.2, -0.15) is 4.57 Å². The zero-order chi connectivity index (χ0) is 76.7. The average molecular weight is 1310 g/mol. The Hall–Kier alpha value is -11.7. The summed E-state index contributed by atoms with van der Waals surface area (Å²) in [6.07, 6.45) is 12.5. The maximum Gasteiger partial charge on any atom is 0.216 e. The number of aryl methyl sites for hydroxylation is 5. The van der Waals surface area contributed by atoms with Gasteiger partial charge >= 0.3 is 0 Å². The topological polar surface area (TPSA) is 64.1 Å². The Balaban J connectivity index is 0.000000130. The SMILES string of the molecule is [2H]c1c([2H])c(-c2c(C)ccc3c2oc2c(-c4ccccc4)c([N+]#[C-])ccc23)[n+](C)c(C)c1C([2H])([2H])[2H].[2H]c1cc(-c2c(C)ccc3c2oc2c(-c4ccccc4)c([N+]#[C-])ccc23)[n+](C)cc1C1([2H])CCCC1.[2H]c1cc(-c2c(C)ccc3c2oc2c(-c4ccccc4)c([N+]#[C-])ccc23)[n+](C)cc1C1([2H])CCCCC1. The molecule has 0 N–H and O–H groups in total. The highest BCUT2D eigenvalue weighted by Gasteiger charge is 2.30. The van der Waals surface area contributed by atoms with Gasteiger partial charge < -0.3 is 13.3 Å². The minimum atomic E-state index is -2.51. The van der Waals surface area contributed by atoms with E-state index in [1.165, 1.54) is 6.42 Å². The van der Waals surface area contributed by atoms with E-state index >= 15 is 0 Å². The summed E-state index contributed by atoms with van der Waals surface area (Å²) in [5.41, 5.74) is 20.3. The number of hydrogen-bond donors (Lipinski definition) is 0. The number of rotatable bonds is 8. The molecule has 0 radical (unpaired) electrons. The van der Waals surface area contributed by atoms with Gasteiger partial charge in [-0.1, -0.05) is 196 Å². The first-order valence-electron chi connectivity index (χ1n) is 38.7. The van der Waals surface area contributed by atoms with E-state index in [2.05, 4.69) is 57.2 Å². The summed E-state index contributed by atoms with van der Waals surface area (Å²) in [5, 5.41) is 5.59. The molecule has 0 aliphatic heterocycles. The van der Waals surface area contributed by atoms with Gasteiger partial charge in [-0.3, -0.25) is 0 Å². The third-order valence-electron chi connectivity index (χ3n) is 20.4. The van der Waals surface area contributed by atoms with Crippen molar-refractivity contribution in [3.05, 3.63) is 286 Å². The smallest absolute Gasteiger partial charge is 0.216 e. The Kier molecular flexibility index (Phi) is 14.6. The average Bonchev–Trinajstić information content (AvgIpc) is 1.62. The number of benzene rings is 9. The van der Waals surface area contributed by atoms with Crippen LogP contribution in [0.25, 0.3) is 148 Å². The maximum atomic E-state index is 9.09. The highest BCUT2D eigenvalue weighted by molar-refractivity contribution is 6.18. The largest absolute Gasteiger partial charge is 0.456 e. The second-order valence-electron chi connectivity index (χ2n) is 26.4. The van der Waals surface area contributed by atoms with Crippen LogP contribution >= 0.6 is 0 Å². The molecule has 2 saturated carbocycles. The molecule has 0 amide bonds. The molecule has 2 aliphatic rings. The Morgan fingerprint density at radius 3 is 1.03 bits per heavy atom. The molecule has 2 fully saturated rings. The number of nitrogens with zero attached hydrogens (tertiary/aromatic N) is 6. The van der Waals surface area contributed by atoms with Crippen LogP contribution in [0.3, 0.4) is 0 Å². The van der Waals surface area contributed by atoms with Gasteiger partial charge in [-0.25, -0.2) is 23.7 Å². The van der Waals surface area contributed by atoms with Crippen molar-refractivity contribution in [1.82, 2.24) is 0 Å². The molecular formula is C91H79N6O3+3. The predicted molar refractivity (Wildman–Crippen MR) is 407 cm³/mol. The molecule has 0 unspecified atom stereocenters. The first-order valence-corrected chi connectivity index (χ1v) is 34.2. The van der Waals surface area contributed by atoms with Gasteiger partial charge in [-0.15, -0.1) is 0 Å². The van der Waals surface area contributed by atoms with E-state index in [0.29, 0.717) is 74.0 Å². The molecule has 9 heteroatoms. The van der Waals surface area contributed by atoms with Crippen molar-refractivity contribution in [1.29, 1.82) is 0 Å². The number of aromatic nitrogens is 3. The summed E-state index contributed by atoms with van der Waals surface area (Å²) in [6.45, 7) is 28.4. The Bertz CT molecular complexity index is 6320. The lowest BCUT2D eigenvalue weighted by Crippen LogP contribution is -2.35. The van der Waals surface area contributed by atoms with Gasteiger partial charge in [0.1, 0.15) is 54.6 Å². The minimum absolute atomic E-state index is 0.124. The lowest BCUT2D eigenvalue weighted by atomic mass is 9.84. The lowest BCUT2D eigenvalue weighted by Gasteiger charge is -2.21. The van der Waals surface area contributed by atoms with E-state index in [9.17, 15) is 0 Å². The number of hydrogen-bond acceptors (Lipinski definition) is 3. The molecule has 9 aromatic carbocycles. The fraction of sp³-hybridized carbons (Fsp3) is 0.209. The minimum Gasteiger partial charge on any atom is -0.456 e. The number of pyridine rings is 3. The number of fused-ring (bicyclic) bond motifs is 9. The molecule has 6 heterocycles. The van der Waals surface area contributed by atoms with Crippen molar-refractivity contribution in [3.8, 4) is 67.2 Å². The van der Waals surface area contributed by atoms with Crippen molar-refractivity contribution in [3.63, 3.8) is 0 Å². The monoisotopic (exact) mass is 1310 g/mol. The van der Waals surface area contributed by atoms with Gasteiger partial charge in [0.2, 0.25) is 17.1 Å². The van der Waals surface area contributed by atoms with Crippen molar-refractivity contribution < 1.29 is 39.3 Å². The summed E-state index contributed by atoms with van der Waals surface area (Å²) in [4.78, 5) is 11.3. The molecule has 0 saturated heterocycles. The van der Waals surface area contributed by atoms with Crippen LogP contribution in [-0.4, -0.2) is 0 Å². The standard InChI is InChI=1S/C32H29N2O.C31H27N2O.C28H23N2O/c1-21-14-16-25-26-17-18-27(33-2)30(23-12-8-5-9-13-23)32(26)35-31(25)29(21)28-19-15-24(20-34(28)3)22-10-6-4-7-11-22;1-20-13-15-24-25-16-17-26(32-2)29(22-11-5-4-6-12-22)31(25)34-30(24)28(20)27-18-14-23(19-33(27)3)21-9-7-8-10-21;1-17-12-16-24(30(5)19(17)3)25-18(2)11-13-21-22-14-15-23(29-4)26(28(22)31-27(21)25)20-9-7-6-8-10-20/h5,8-9,12-20,22H,4,6-7,10-11H2,1,3H3;4-6,11-19,21H,7-10H2,1,3H3;6-16H,1-3,5H3/q3*+1/i15D,22D;14D,21D;1D3,12D,16D. The summed E-state index contributed by atoms with van der Waals surface area (Å²) < 4.78 is 102. The molecule has 15 aromatic rings. The molecule has 9 nitrogen and oxygen atoms in total. The normalized spacial score (nSPS) is 15.4. The van der Waals surface area contributed by atoms with Gasteiger partial charge in [0.25, 0.3) is 0 Å². The van der Waals surface area contributed by atoms with E-state index in [1.54, 1.807) is 24.6 Å².